The fourth-order valence-corrected chi connectivity index (χ4v) is 4.11. The Bertz CT molecular complexity index is 1210. The van der Waals surface area contributed by atoms with E-state index in [1.807, 2.05) is 18.2 Å². The second-order valence-electron chi connectivity index (χ2n) is 8.53. The first-order valence-corrected chi connectivity index (χ1v) is 10.7. The Labute approximate surface area is 181 Å². The second-order valence-corrected chi connectivity index (χ2v) is 8.53. The molecular formula is C24H27N5O2. The van der Waals surface area contributed by atoms with Crippen molar-refractivity contribution in [1.82, 2.24) is 14.5 Å². The average molecular weight is 418 g/mol. The van der Waals surface area contributed by atoms with Gasteiger partial charge in [-0.3, -0.25) is 4.79 Å². The first-order valence-electron chi connectivity index (χ1n) is 10.7. The van der Waals surface area contributed by atoms with Crippen LogP contribution in [0.5, 0.6) is 5.88 Å². The monoisotopic (exact) mass is 417 g/mol. The van der Waals surface area contributed by atoms with Crippen LogP contribution in [0.4, 0.5) is 5.69 Å². The Hall–Kier alpha value is -3.40. The molecule has 0 amide bonds. The van der Waals surface area contributed by atoms with E-state index in [1.165, 1.54) is 0 Å². The molecule has 31 heavy (non-hydrogen) atoms. The van der Waals surface area contributed by atoms with E-state index in [9.17, 15) is 10.1 Å². The third-order valence-corrected chi connectivity index (χ3v) is 5.96. The topological polar surface area (TPSA) is 84.0 Å². The number of nitrogens with zero attached hydrogens (tertiary/aromatic N) is 5. The number of nitriles is 1. The van der Waals surface area contributed by atoms with E-state index in [1.54, 1.807) is 29.8 Å². The van der Waals surface area contributed by atoms with Gasteiger partial charge in [0.15, 0.2) is 0 Å². The largest absolute Gasteiger partial charge is 0.474 e. The lowest BCUT2D eigenvalue weighted by molar-refractivity contribution is 0.116. The Morgan fingerprint density at radius 3 is 2.74 bits per heavy atom. The van der Waals surface area contributed by atoms with Gasteiger partial charge in [-0.2, -0.15) is 5.26 Å². The van der Waals surface area contributed by atoms with E-state index < -0.39 is 0 Å². The smallest absolute Gasteiger partial charge is 0.252 e. The summed E-state index contributed by atoms with van der Waals surface area (Å²) in [6, 6.07) is 13.1. The van der Waals surface area contributed by atoms with Gasteiger partial charge < -0.3 is 14.2 Å². The summed E-state index contributed by atoms with van der Waals surface area (Å²) in [4.78, 5) is 23.9. The second kappa shape index (κ2) is 8.38. The first-order chi connectivity index (χ1) is 14.9. The van der Waals surface area contributed by atoms with E-state index in [0.29, 0.717) is 23.0 Å². The van der Waals surface area contributed by atoms with Crippen LogP contribution in [0.25, 0.3) is 11.0 Å². The molecule has 7 nitrogen and oxygen atoms in total. The molecule has 0 aliphatic carbocycles. The summed E-state index contributed by atoms with van der Waals surface area (Å²) in [5.74, 6) is 1.25. The number of hydrogen-bond donors (Lipinski definition) is 0. The maximum atomic E-state index is 12.5. The van der Waals surface area contributed by atoms with Crippen molar-refractivity contribution in [3.63, 3.8) is 0 Å². The Kier molecular flexibility index (Phi) is 5.64. The van der Waals surface area contributed by atoms with Crippen molar-refractivity contribution in [1.29, 1.82) is 5.26 Å². The predicted molar refractivity (Wildman–Crippen MR) is 120 cm³/mol. The van der Waals surface area contributed by atoms with Gasteiger partial charge in [-0.25, -0.2) is 9.97 Å². The van der Waals surface area contributed by atoms with Crippen molar-refractivity contribution in [2.75, 3.05) is 18.0 Å². The molecule has 4 rings (SSSR count). The Balaban J connectivity index is 1.59. The minimum Gasteiger partial charge on any atom is -0.474 e. The molecule has 0 bridgehead atoms. The standard InChI is InChI=1S/C24H27N5O2/c1-15(2)18-6-5-7-22(27-18)31-21-10-11-29(14-16(21)3)20-12-23(30)28(4)19-9-8-17(13-25)26-24(19)20/h5-9,12,15-16,21H,10-11,14H2,1-4H3/t16-,21+/m1/s1. The van der Waals surface area contributed by atoms with Gasteiger partial charge in [0, 0.05) is 50.3 Å². The summed E-state index contributed by atoms with van der Waals surface area (Å²) in [6.45, 7) is 7.86. The van der Waals surface area contributed by atoms with Crippen molar-refractivity contribution >= 4 is 16.7 Å². The van der Waals surface area contributed by atoms with Crippen molar-refractivity contribution in [3.05, 3.63) is 58.1 Å². The molecule has 3 aromatic rings. The zero-order chi connectivity index (χ0) is 22.1. The van der Waals surface area contributed by atoms with E-state index in [-0.39, 0.29) is 17.6 Å². The summed E-state index contributed by atoms with van der Waals surface area (Å²) in [6.07, 6.45) is 0.857. The Morgan fingerprint density at radius 1 is 1.23 bits per heavy atom. The molecule has 0 saturated carbocycles. The normalized spacial score (nSPS) is 18.9. The quantitative estimate of drug-likeness (QED) is 0.645. The molecule has 0 unspecified atom stereocenters. The number of pyridine rings is 3. The summed E-state index contributed by atoms with van der Waals surface area (Å²) in [5.41, 5.74) is 3.46. The number of fused-ring (bicyclic) bond motifs is 1. The van der Waals surface area contributed by atoms with Gasteiger partial charge in [-0.05, 0) is 24.1 Å². The first kappa shape index (κ1) is 20.9. The highest BCUT2D eigenvalue weighted by atomic mass is 16.5. The number of anilines is 1. The molecule has 0 radical (unpaired) electrons. The molecular weight excluding hydrogens is 390 g/mol. The van der Waals surface area contributed by atoms with Crippen LogP contribution in [0.15, 0.2) is 41.2 Å². The zero-order valence-corrected chi connectivity index (χ0v) is 18.4. The van der Waals surface area contributed by atoms with Crippen molar-refractivity contribution < 1.29 is 4.74 Å². The van der Waals surface area contributed by atoms with Crippen LogP contribution >= 0.6 is 0 Å². The van der Waals surface area contributed by atoms with Gasteiger partial charge >= 0.3 is 0 Å². The maximum absolute atomic E-state index is 12.5. The molecule has 7 heteroatoms. The highest BCUT2D eigenvalue weighted by Gasteiger charge is 2.29. The van der Waals surface area contributed by atoms with E-state index >= 15 is 0 Å². The molecule has 0 N–H and O–H groups in total. The number of aryl methyl sites for hydroxylation is 1. The van der Waals surface area contributed by atoms with Crippen molar-refractivity contribution in [3.8, 4) is 11.9 Å². The molecule has 4 heterocycles. The van der Waals surface area contributed by atoms with Crippen LogP contribution in [-0.4, -0.2) is 33.7 Å². The van der Waals surface area contributed by atoms with E-state index in [0.717, 1.165) is 36.4 Å². The van der Waals surface area contributed by atoms with Gasteiger partial charge in [0.1, 0.15) is 23.4 Å². The minimum absolute atomic E-state index is 0.0478. The summed E-state index contributed by atoms with van der Waals surface area (Å²) in [7, 11) is 1.73. The number of ether oxygens (including phenoxy) is 1. The van der Waals surface area contributed by atoms with E-state index in [2.05, 4.69) is 41.7 Å². The highest BCUT2D eigenvalue weighted by Crippen LogP contribution is 2.30. The number of rotatable bonds is 4. The van der Waals surface area contributed by atoms with E-state index in [4.69, 9.17) is 4.74 Å². The van der Waals surface area contributed by atoms with Gasteiger partial charge in [-0.15, -0.1) is 0 Å². The number of aromatic nitrogens is 3. The molecule has 1 fully saturated rings. The fourth-order valence-electron chi connectivity index (χ4n) is 4.11. The lowest BCUT2D eigenvalue weighted by Crippen LogP contribution is -2.45. The SMILES string of the molecule is CC(C)c1cccc(O[C@H]2CCN(c3cc(=O)n(C)c4ccc(C#N)nc34)C[C@H]2C)n1. The van der Waals surface area contributed by atoms with Crippen LogP contribution in [-0.2, 0) is 7.05 Å². The van der Waals surface area contributed by atoms with Crippen LogP contribution in [0.3, 0.4) is 0 Å². The molecule has 0 aromatic carbocycles. The van der Waals surface area contributed by atoms with Crippen LogP contribution in [0, 0.1) is 17.2 Å². The Morgan fingerprint density at radius 2 is 2.03 bits per heavy atom. The molecule has 3 aromatic heterocycles. The highest BCUT2D eigenvalue weighted by molar-refractivity contribution is 5.88. The lowest BCUT2D eigenvalue weighted by atomic mass is 9.95. The van der Waals surface area contributed by atoms with Gasteiger partial charge in [-0.1, -0.05) is 26.8 Å². The summed E-state index contributed by atoms with van der Waals surface area (Å²) >= 11 is 0. The minimum atomic E-state index is -0.0882. The molecule has 0 spiro atoms. The predicted octanol–water partition coefficient (Wildman–Crippen LogP) is 3.62. The molecule has 1 saturated heterocycles. The molecule has 2 atom stereocenters. The third-order valence-electron chi connectivity index (χ3n) is 5.96. The van der Waals surface area contributed by atoms with Gasteiger partial charge in [0.25, 0.3) is 5.56 Å². The summed E-state index contributed by atoms with van der Waals surface area (Å²) in [5, 5.41) is 9.28. The third kappa shape index (κ3) is 4.11. The van der Waals surface area contributed by atoms with Crippen LogP contribution in [0.2, 0.25) is 0 Å². The molecule has 160 valence electrons. The fraction of sp³-hybridized carbons (Fsp3) is 0.417. The van der Waals surface area contributed by atoms with Gasteiger partial charge in [0.2, 0.25) is 5.88 Å². The zero-order valence-electron chi connectivity index (χ0n) is 18.4. The molecule has 1 aliphatic heterocycles. The van der Waals surface area contributed by atoms with Crippen LogP contribution < -0.4 is 15.2 Å². The molecule has 1 aliphatic rings. The van der Waals surface area contributed by atoms with Crippen molar-refractivity contribution in [2.45, 2.75) is 39.2 Å². The average Bonchev–Trinajstić information content (AvgIpc) is 2.77. The number of hydrogen-bond acceptors (Lipinski definition) is 6. The lowest BCUT2D eigenvalue weighted by Gasteiger charge is -2.38. The van der Waals surface area contributed by atoms with Crippen LogP contribution in [0.1, 0.15) is 44.5 Å². The number of piperidine rings is 1. The summed E-state index contributed by atoms with van der Waals surface area (Å²) < 4.78 is 7.82. The van der Waals surface area contributed by atoms with Gasteiger partial charge in [0.05, 0.1) is 11.2 Å². The maximum Gasteiger partial charge on any atom is 0.252 e. The van der Waals surface area contributed by atoms with Crippen molar-refractivity contribution in [2.24, 2.45) is 13.0 Å².